The van der Waals surface area contributed by atoms with Gasteiger partial charge >= 0.3 is 0 Å². The van der Waals surface area contributed by atoms with Crippen LogP contribution in [0.4, 0.5) is 0 Å². The Morgan fingerprint density at radius 3 is 2.53 bits per heavy atom. The first-order valence-corrected chi connectivity index (χ1v) is 6.57. The molecule has 2 N–H and O–H groups in total. The molecule has 4 nitrogen and oxygen atoms in total. The molecule has 0 saturated heterocycles. The highest BCUT2D eigenvalue weighted by atomic mass is 16.5. The van der Waals surface area contributed by atoms with Crippen LogP contribution >= 0.6 is 0 Å². The summed E-state index contributed by atoms with van der Waals surface area (Å²) in [7, 11) is 0. The number of nitrogens with one attached hydrogen (secondary N) is 1. The minimum atomic E-state index is -0.876. The van der Waals surface area contributed by atoms with Gasteiger partial charge in [0.25, 0.3) is 5.91 Å². The molecule has 0 saturated carbocycles. The Kier molecular flexibility index (Phi) is 5.36. The van der Waals surface area contributed by atoms with Crippen LogP contribution in [0.3, 0.4) is 0 Å². The van der Waals surface area contributed by atoms with Crippen molar-refractivity contribution >= 4 is 5.91 Å². The number of hydrogen-bond acceptors (Lipinski definition) is 3. The molecule has 0 fully saturated rings. The van der Waals surface area contributed by atoms with E-state index >= 15 is 0 Å². The summed E-state index contributed by atoms with van der Waals surface area (Å²) in [6.45, 7) is 7.48. The Labute approximate surface area is 114 Å². The zero-order valence-corrected chi connectivity index (χ0v) is 12.1. The molecule has 0 spiro atoms. The predicted molar refractivity (Wildman–Crippen MR) is 75.2 cm³/mol. The fraction of sp³-hybridized carbons (Fsp3) is 0.533. The average Bonchev–Trinajstić information content (AvgIpc) is 2.38. The van der Waals surface area contributed by atoms with E-state index in [-0.39, 0.29) is 12.5 Å². The molecule has 106 valence electrons. The summed E-state index contributed by atoms with van der Waals surface area (Å²) in [5.74, 6) is 0.435. The van der Waals surface area contributed by atoms with Crippen molar-refractivity contribution < 1.29 is 14.6 Å². The summed E-state index contributed by atoms with van der Waals surface area (Å²) in [6.07, 6.45) is -0.00382. The second-order valence-corrected chi connectivity index (χ2v) is 5.14. The molecular weight excluding hydrogens is 242 g/mol. The molecule has 0 bridgehead atoms. The van der Waals surface area contributed by atoms with E-state index in [1.165, 1.54) is 0 Å². The van der Waals surface area contributed by atoms with E-state index in [0.29, 0.717) is 12.2 Å². The van der Waals surface area contributed by atoms with E-state index in [1.54, 1.807) is 13.8 Å². The summed E-state index contributed by atoms with van der Waals surface area (Å²) in [5.41, 5.74) is 0.266. The topological polar surface area (TPSA) is 58.6 Å². The molecule has 19 heavy (non-hydrogen) atoms. The number of amides is 1. The fourth-order valence-electron chi connectivity index (χ4n) is 1.42. The number of ether oxygens (including phenoxy) is 1. The molecule has 0 aliphatic carbocycles. The van der Waals surface area contributed by atoms with Crippen molar-refractivity contribution in [2.24, 2.45) is 0 Å². The van der Waals surface area contributed by atoms with Crippen LogP contribution in [0.2, 0.25) is 0 Å². The van der Waals surface area contributed by atoms with Gasteiger partial charge in [-0.3, -0.25) is 4.79 Å². The van der Waals surface area contributed by atoms with Crippen molar-refractivity contribution in [3.05, 3.63) is 29.8 Å². The number of aliphatic hydroxyl groups is 1. The number of rotatable bonds is 6. The summed E-state index contributed by atoms with van der Waals surface area (Å²) >= 11 is 0. The Morgan fingerprint density at radius 2 is 2.00 bits per heavy atom. The van der Waals surface area contributed by atoms with Crippen molar-refractivity contribution in [2.75, 3.05) is 6.54 Å². The smallest absolute Gasteiger partial charge is 0.260 e. The standard InChI is InChI=1S/C15H23NO3/c1-5-15(4,18)10-16-14(17)12(3)19-13-8-6-11(2)7-9-13/h6-9,12,18H,5,10H2,1-4H3,(H,16,17). The first kappa shape index (κ1) is 15.5. The number of carbonyl (C=O) groups excluding carboxylic acids is 1. The second kappa shape index (κ2) is 6.57. The van der Waals surface area contributed by atoms with Crippen LogP contribution in [0.15, 0.2) is 24.3 Å². The van der Waals surface area contributed by atoms with E-state index in [9.17, 15) is 9.90 Å². The van der Waals surface area contributed by atoms with Gasteiger partial charge in [-0.1, -0.05) is 24.6 Å². The highest BCUT2D eigenvalue weighted by Crippen LogP contribution is 2.13. The lowest BCUT2D eigenvalue weighted by Crippen LogP contribution is -2.44. The normalized spacial score (nSPS) is 15.4. The molecule has 2 unspecified atom stereocenters. The average molecular weight is 265 g/mol. The number of carbonyl (C=O) groups is 1. The molecule has 1 aromatic rings. The lowest BCUT2D eigenvalue weighted by molar-refractivity contribution is -0.128. The van der Waals surface area contributed by atoms with Crippen LogP contribution in [0.1, 0.15) is 32.8 Å². The molecule has 2 atom stereocenters. The number of hydrogen-bond donors (Lipinski definition) is 2. The van der Waals surface area contributed by atoms with Crippen molar-refractivity contribution in [1.82, 2.24) is 5.32 Å². The van der Waals surface area contributed by atoms with Gasteiger partial charge in [0.1, 0.15) is 5.75 Å². The van der Waals surface area contributed by atoms with Gasteiger partial charge in [-0.25, -0.2) is 0 Å². The molecule has 0 aromatic heterocycles. The van der Waals surface area contributed by atoms with E-state index in [1.807, 2.05) is 38.1 Å². The Morgan fingerprint density at radius 1 is 1.42 bits per heavy atom. The molecular formula is C15H23NO3. The zero-order chi connectivity index (χ0) is 14.5. The largest absolute Gasteiger partial charge is 0.481 e. The SMILES string of the molecule is CCC(C)(O)CNC(=O)C(C)Oc1ccc(C)cc1. The Balaban J connectivity index is 2.47. The lowest BCUT2D eigenvalue weighted by Gasteiger charge is -2.23. The van der Waals surface area contributed by atoms with Gasteiger partial charge in [-0.15, -0.1) is 0 Å². The third-order valence-corrected chi connectivity index (χ3v) is 3.11. The van der Waals surface area contributed by atoms with E-state index in [2.05, 4.69) is 5.32 Å². The number of aryl methyl sites for hydroxylation is 1. The summed E-state index contributed by atoms with van der Waals surface area (Å²) < 4.78 is 5.54. The van der Waals surface area contributed by atoms with Crippen molar-refractivity contribution in [3.8, 4) is 5.75 Å². The fourth-order valence-corrected chi connectivity index (χ4v) is 1.42. The maximum absolute atomic E-state index is 11.8. The molecule has 4 heteroatoms. The molecule has 0 radical (unpaired) electrons. The molecule has 0 heterocycles. The quantitative estimate of drug-likeness (QED) is 0.827. The summed E-state index contributed by atoms with van der Waals surface area (Å²) in [4.78, 5) is 11.8. The van der Waals surface area contributed by atoms with Crippen LogP contribution in [0.25, 0.3) is 0 Å². The molecule has 0 aliphatic heterocycles. The highest BCUT2D eigenvalue weighted by molar-refractivity contribution is 5.80. The molecule has 1 rings (SSSR count). The Bertz CT molecular complexity index is 412. The van der Waals surface area contributed by atoms with Crippen LogP contribution in [0.5, 0.6) is 5.75 Å². The van der Waals surface area contributed by atoms with Gasteiger partial charge in [0, 0.05) is 6.54 Å². The molecule has 0 aliphatic rings. The van der Waals surface area contributed by atoms with Crippen molar-refractivity contribution in [1.29, 1.82) is 0 Å². The first-order chi connectivity index (χ1) is 8.84. The molecule has 1 amide bonds. The minimum absolute atomic E-state index is 0.226. The lowest BCUT2D eigenvalue weighted by atomic mass is 10.0. The minimum Gasteiger partial charge on any atom is -0.481 e. The van der Waals surface area contributed by atoms with Gasteiger partial charge in [0.05, 0.1) is 5.60 Å². The number of benzene rings is 1. The van der Waals surface area contributed by atoms with Gasteiger partial charge in [-0.2, -0.15) is 0 Å². The van der Waals surface area contributed by atoms with Crippen molar-refractivity contribution in [3.63, 3.8) is 0 Å². The van der Waals surface area contributed by atoms with Gasteiger partial charge in [0.2, 0.25) is 0 Å². The monoisotopic (exact) mass is 265 g/mol. The maximum atomic E-state index is 11.8. The van der Waals surface area contributed by atoms with Crippen LogP contribution in [0, 0.1) is 6.92 Å². The third-order valence-electron chi connectivity index (χ3n) is 3.11. The highest BCUT2D eigenvalue weighted by Gasteiger charge is 2.21. The third kappa shape index (κ3) is 5.30. The van der Waals surface area contributed by atoms with E-state index in [0.717, 1.165) is 5.56 Å². The Hall–Kier alpha value is -1.55. The summed E-state index contributed by atoms with van der Waals surface area (Å²) in [5, 5.41) is 12.5. The first-order valence-electron chi connectivity index (χ1n) is 6.57. The van der Waals surface area contributed by atoms with Crippen molar-refractivity contribution in [2.45, 2.75) is 45.8 Å². The van der Waals surface area contributed by atoms with Gasteiger partial charge < -0.3 is 15.2 Å². The van der Waals surface area contributed by atoms with Crippen LogP contribution in [-0.2, 0) is 4.79 Å². The molecule has 1 aromatic carbocycles. The van der Waals surface area contributed by atoms with E-state index in [4.69, 9.17) is 4.74 Å². The predicted octanol–water partition coefficient (Wildman–Crippen LogP) is 2.04. The van der Waals surface area contributed by atoms with Gasteiger partial charge in [-0.05, 0) is 39.3 Å². The second-order valence-electron chi connectivity index (χ2n) is 5.14. The zero-order valence-electron chi connectivity index (χ0n) is 12.1. The van der Waals surface area contributed by atoms with Crippen LogP contribution < -0.4 is 10.1 Å². The summed E-state index contributed by atoms with van der Waals surface area (Å²) in [6, 6.07) is 7.53. The van der Waals surface area contributed by atoms with Gasteiger partial charge in [0.15, 0.2) is 6.10 Å². The maximum Gasteiger partial charge on any atom is 0.260 e. The van der Waals surface area contributed by atoms with E-state index < -0.39 is 11.7 Å². The van der Waals surface area contributed by atoms with Crippen LogP contribution in [-0.4, -0.2) is 29.3 Å².